The third-order valence-corrected chi connectivity index (χ3v) is 9.87. The van der Waals surface area contributed by atoms with E-state index in [1.807, 2.05) is 0 Å². The summed E-state index contributed by atoms with van der Waals surface area (Å²) in [6, 6.07) is 1.88. The molecule has 342 valence electrons. The minimum absolute atomic E-state index is 0.267. The lowest BCUT2D eigenvalue weighted by molar-refractivity contribution is -0.150. The zero-order valence-corrected chi connectivity index (χ0v) is 31.9. The molecule has 0 amide bonds. The van der Waals surface area contributed by atoms with Gasteiger partial charge in [0.15, 0.2) is 0 Å². The number of unbranched alkanes of at least 4 members (excludes halogenated alkanes) is 4. The first-order valence-electron chi connectivity index (χ1n) is 18.6. The van der Waals surface area contributed by atoms with Crippen LogP contribution in [0.1, 0.15) is 96.1 Å². The molecule has 0 bridgehead atoms. The van der Waals surface area contributed by atoms with Crippen molar-refractivity contribution < 1.29 is 79.0 Å². The van der Waals surface area contributed by atoms with Crippen molar-refractivity contribution in [3.63, 3.8) is 0 Å². The Hall–Kier alpha value is -4.60. The molecule has 0 radical (unpaired) electrons. The van der Waals surface area contributed by atoms with Gasteiger partial charge in [-0.1, -0.05) is 37.8 Å². The predicted molar refractivity (Wildman–Crippen MR) is 190 cm³/mol. The van der Waals surface area contributed by atoms with E-state index in [9.17, 15) is 79.0 Å². The first-order chi connectivity index (χ1) is 28.4. The lowest BCUT2D eigenvalue weighted by atomic mass is 9.91. The van der Waals surface area contributed by atoms with Gasteiger partial charge in [-0.2, -0.15) is 79.0 Å². The Labute approximate surface area is 341 Å². The van der Waals surface area contributed by atoms with Crippen LogP contribution in [0, 0.1) is 0 Å². The molecule has 0 fully saturated rings. The van der Waals surface area contributed by atoms with E-state index < -0.39 is 105 Å². The first-order valence-corrected chi connectivity index (χ1v) is 18.6. The lowest BCUT2D eigenvalue weighted by Gasteiger charge is -2.21. The van der Waals surface area contributed by atoms with E-state index in [4.69, 9.17) is 11.5 Å². The fourth-order valence-corrected chi connectivity index (χ4v) is 6.72. The second-order valence-corrected chi connectivity index (χ2v) is 14.5. The molecule has 0 saturated heterocycles. The SMILES string of the molecule is N[C@H](CCCCCc1ccc(-c2c(C(F)(F)F)cc(C(F)(F)F)cc2C(F)(F)F)cn1)[C@H](N)CCCCCc1ccc(-c2c(C(F)(F)F)cc(C(F)(F)F)cc2C(F)(F)F)cn1. The number of alkyl halides is 18. The Morgan fingerprint density at radius 1 is 0.387 bits per heavy atom. The Kier molecular flexibility index (Phi) is 15.4. The van der Waals surface area contributed by atoms with Gasteiger partial charge in [-0.15, -0.1) is 0 Å². The lowest BCUT2D eigenvalue weighted by Crippen LogP contribution is -2.41. The van der Waals surface area contributed by atoms with Gasteiger partial charge < -0.3 is 11.5 Å². The molecular formula is C40H36F18N4. The molecule has 2 aromatic heterocycles. The summed E-state index contributed by atoms with van der Waals surface area (Å²) in [7, 11) is 0. The van der Waals surface area contributed by atoms with Crippen LogP contribution in [0.5, 0.6) is 0 Å². The van der Waals surface area contributed by atoms with Gasteiger partial charge in [0.2, 0.25) is 0 Å². The molecule has 0 spiro atoms. The van der Waals surface area contributed by atoms with Gasteiger partial charge in [-0.05, 0) is 74.9 Å². The van der Waals surface area contributed by atoms with Crippen molar-refractivity contribution >= 4 is 0 Å². The maximum absolute atomic E-state index is 13.8. The maximum Gasteiger partial charge on any atom is 0.417 e. The summed E-state index contributed by atoms with van der Waals surface area (Å²) in [5, 5.41) is 0. The van der Waals surface area contributed by atoms with E-state index in [0.29, 0.717) is 62.8 Å². The maximum atomic E-state index is 13.8. The highest BCUT2D eigenvalue weighted by Gasteiger charge is 2.46. The van der Waals surface area contributed by atoms with Crippen molar-refractivity contribution in [2.75, 3.05) is 0 Å². The minimum atomic E-state index is -5.56. The number of aryl methyl sites for hydroxylation is 2. The number of benzene rings is 2. The molecule has 0 saturated carbocycles. The van der Waals surface area contributed by atoms with Crippen molar-refractivity contribution in [1.82, 2.24) is 9.97 Å². The quantitative estimate of drug-likeness (QED) is 0.0920. The Morgan fingerprint density at radius 2 is 0.677 bits per heavy atom. The van der Waals surface area contributed by atoms with E-state index in [1.54, 1.807) is 0 Å². The summed E-state index contributed by atoms with van der Waals surface area (Å²) >= 11 is 0. The van der Waals surface area contributed by atoms with E-state index in [2.05, 4.69) is 9.97 Å². The molecular weight excluding hydrogens is 878 g/mol. The number of rotatable bonds is 15. The molecule has 4 rings (SSSR count). The average molecular weight is 915 g/mol. The minimum Gasteiger partial charge on any atom is -0.326 e. The van der Waals surface area contributed by atoms with Gasteiger partial charge in [0.1, 0.15) is 0 Å². The van der Waals surface area contributed by atoms with Crippen molar-refractivity contribution in [3.8, 4) is 22.3 Å². The van der Waals surface area contributed by atoms with Gasteiger partial charge in [0.25, 0.3) is 0 Å². The molecule has 2 aromatic carbocycles. The normalized spacial score (nSPS) is 14.3. The number of pyridine rings is 2. The van der Waals surface area contributed by atoms with Gasteiger partial charge in [0.05, 0.1) is 33.4 Å². The van der Waals surface area contributed by atoms with E-state index in [0.717, 1.165) is 24.5 Å². The number of nitrogens with zero attached hydrogens (tertiary/aromatic N) is 2. The average Bonchev–Trinajstić information content (AvgIpc) is 3.14. The predicted octanol–water partition coefficient (Wildman–Crippen LogP) is 13.5. The van der Waals surface area contributed by atoms with Crippen molar-refractivity contribution in [2.24, 2.45) is 11.5 Å². The highest BCUT2D eigenvalue weighted by atomic mass is 19.4. The number of aromatic nitrogens is 2. The number of hydrogen-bond donors (Lipinski definition) is 2. The fraction of sp³-hybridized carbons (Fsp3) is 0.450. The summed E-state index contributed by atoms with van der Waals surface area (Å²) in [4.78, 5) is 7.88. The summed E-state index contributed by atoms with van der Waals surface area (Å²) in [6.07, 6.45) is -26.9. The van der Waals surface area contributed by atoms with Crippen LogP contribution >= 0.6 is 0 Å². The number of nitrogens with two attached hydrogens (primary N) is 2. The molecule has 22 heteroatoms. The summed E-state index contributed by atoms with van der Waals surface area (Å²) in [6.45, 7) is 0. The topological polar surface area (TPSA) is 77.8 Å². The summed E-state index contributed by atoms with van der Waals surface area (Å²) in [5.41, 5.74) is -3.95. The number of halogens is 18. The van der Waals surface area contributed by atoms with Gasteiger partial charge in [-0.3, -0.25) is 9.97 Å². The van der Waals surface area contributed by atoms with Crippen LogP contribution in [-0.4, -0.2) is 22.1 Å². The molecule has 4 nitrogen and oxygen atoms in total. The molecule has 2 heterocycles. The molecule has 2 atom stereocenters. The van der Waals surface area contributed by atoms with E-state index in [-0.39, 0.29) is 37.1 Å². The molecule has 0 aliphatic rings. The number of hydrogen-bond acceptors (Lipinski definition) is 4. The van der Waals surface area contributed by atoms with Crippen LogP contribution in [0.2, 0.25) is 0 Å². The highest BCUT2D eigenvalue weighted by molar-refractivity contribution is 5.74. The van der Waals surface area contributed by atoms with Crippen molar-refractivity contribution in [1.29, 1.82) is 0 Å². The van der Waals surface area contributed by atoms with Gasteiger partial charge in [-0.25, -0.2) is 0 Å². The molecule has 0 aliphatic heterocycles. The summed E-state index contributed by atoms with van der Waals surface area (Å²) < 4.78 is 244. The van der Waals surface area contributed by atoms with Crippen LogP contribution in [0.15, 0.2) is 60.9 Å². The Morgan fingerprint density at radius 3 is 0.903 bits per heavy atom. The smallest absolute Gasteiger partial charge is 0.326 e. The van der Waals surface area contributed by atoms with Crippen LogP contribution < -0.4 is 11.5 Å². The monoisotopic (exact) mass is 914 g/mol. The second-order valence-electron chi connectivity index (χ2n) is 14.5. The molecule has 4 aromatic rings. The zero-order valence-electron chi connectivity index (χ0n) is 31.9. The third kappa shape index (κ3) is 13.2. The standard InChI is InChI=1S/C40H36F18N4/c41-35(42,43)23-15-27(37(47,48)49)33(28(16-23)38(50,51)52)21-11-13-25(61-19-21)7-3-1-5-9-31(59)32(60)10-6-2-4-8-26-14-12-22(20-62-26)34-29(39(53,54)55)17-24(36(44,45)46)18-30(34)40(56,57)58/h11-20,31-32H,1-10,59-60H2/t31-,32-/m1/s1. The fourth-order valence-electron chi connectivity index (χ4n) is 6.72. The molecule has 4 N–H and O–H groups in total. The van der Waals surface area contributed by atoms with E-state index in [1.165, 1.54) is 12.1 Å². The first kappa shape index (κ1) is 50.0. The second kappa shape index (κ2) is 19.0. The zero-order chi connectivity index (χ0) is 46.6. The van der Waals surface area contributed by atoms with Gasteiger partial charge in [0, 0.05) is 58.1 Å². The largest absolute Gasteiger partial charge is 0.417 e. The Balaban J connectivity index is 1.25. The third-order valence-electron chi connectivity index (χ3n) is 9.87. The highest BCUT2D eigenvalue weighted by Crippen LogP contribution is 2.49. The summed E-state index contributed by atoms with van der Waals surface area (Å²) in [5.74, 6) is 0. The van der Waals surface area contributed by atoms with Crippen molar-refractivity contribution in [3.05, 3.63) is 106 Å². The van der Waals surface area contributed by atoms with E-state index >= 15 is 0 Å². The van der Waals surface area contributed by atoms with Crippen LogP contribution in [0.4, 0.5) is 79.0 Å². The van der Waals surface area contributed by atoms with Crippen molar-refractivity contribution in [2.45, 2.75) is 113 Å². The molecule has 62 heavy (non-hydrogen) atoms. The molecule has 0 unspecified atom stereocenters. The molecule has 0 aliphatic carbocycles. The van der Waals surface area contributed by atoms with Gasteiger partial charge >= 0.3 is 37.1 Å². The van der Waals surface area contributed by atoms with Crippen LogP contribution in [0.3, 0.4) is 0 Å². The van der Waals surface area contributed by atoms with Crippen LogP contribution in [0.25, 0.3) is 22.3 Å². The van der Waals surface area contributed by atoms with Crippen LogP contribution in [-0.2, 0) is 49.9 Å². The Bertz CT molecular complexity index is 1870.